The number of halogens is 2. The Hall–Kier alpha value is -1.31. The second-order valence-electron chi connectivity index (χ2n) is 5.57. The number of nitrogens with one attached hydrogen (secondary N) is 1. The standard InChI is InChI=1S/C13H14BCl2N3O2S/c1-13(2,14)22(20,21)10-6-4-3-5-9(10)18-11-8(15)7-17-12(16)19-11/h3-7H,14H2,1-2H3,(H,17,18,19). The van der Waals surface area contributed by atoms with Gasteiger partial charge in [0.2, 0.25) is 5.28 Å². The van der Waals surface area contributed by atoms with Crippen LogP contribution in [0.15, 0.2) is 35.4 Å². The zero-order valence-electron chi connectivity index (χ0n) is 12.3. The first kappa shape index (κ1) is 17.1. The molecule has 0 aliphatic heterocycles. The number of benzene rings is 1. The fourth-order valence-electron chi connectivity index (χ4n) is 1.69. The summed E-state index contributed by atoms with van der Waals surface area (Å²) >= 11 is 11.8. The predicted molar refractivity (Wildman–Crippen MR) is 91.6 cm³/mol. The highest BCUT2D eigenvalue weighted by atomic mass is 35.5. The van der Waals surface area contributed by atoms with Crippen molar-refractivity contribution in [1.82, 2.24) is 9.97 Å². The minimum atomic E-state index is -3.53. The van der Waals surface area contributed by atoms with Crippen molar-refractivity contribution in [3.8, 4) is 0 Å². The van der Waals surface area contributed by atoms with E-state index < -0.39 is 14.5 Å². The quantitative estimate of drug-likeness (QED) is 0.672. The number of rotatable bonds is 4. The molecule has 1 aromatic carbocycles. The van der Waals surface area contributed by atoms with E-state index in [9.17, 15) is 8.42 Å². The molecule has 0 saturated carbocycles. The van der Waals surface area contributed by atoms with Crippen LogP contribution in [0.25, 0.3) is 0 Å². The van der Waals surface area contributed by atoms with Crippen molar-refractivity contribution in [2.45, 2.75) is 23.4 Å². The van der Waals surface area contributed by atoms with Gasteiger partial charge >= 0.3 is 0 Å². The number of anilines is 2. The smallest absolute Gasteiger partial charge is 0.224 e. The van der Waals surface area contributed by atoms with Gasteiger partial charge in [-0.05, 0) is 23.7 Å². The van der Waals surface area contributed by atoms with Crippen molar-refractivity contribution < 1.29 is 8.42 Å². The molecule has 22 heavy (non-hydrogen) atoms. The van der Waals surface area contributed by atoms with Gasteiger partial charge in [0.15, 0.2) is 15.7 Å². The van der Waals surface area contributed by atoms with Crippen LogP contribution in [0.5, 0.6) is 0 Å². The third-order valence-electron chi connectivity index (χ3n) is 2.95. The second kappa shape index (κ2) is 6.06. The molecule has 0 aliphatic rings. The number of hydrogen-bond donors (Lipinski definition) is 1. The van der Waals surface area contributed by atoms with E-state index in [0.29, 0.717) is 5.69 Å². The number of nitrogens with zero attached hydrogens (tertiary/aromatic N) is 2. The number of para-hydroxylation sites is 1. The first-order valence-corrected chi connectivity index (χ1v) is 8.65. The number of aromatic nitrogens is 2. The molecule has 5 nitrogen and oxygen atoms in total. The van der Waals surface area contributed by atoms with Gasteiger partial charge in [-0.1, -0.05) is 37.6 Å². The van der Waals surface area contributed by atoms with Crippen molar-refractivity contribution in [1.29, 1.82) is 0 Å². The Bertz CT molecular complexity index is 807. The Balaban J connectivity index is 2.53. The molecule has 0 fully saturated rings. The van der Waals surface area contributed by atoms with E-state index in [2.05, 4.69) is 15.3 Å². The highest BCUT2D eigenvalue weighted by Gasteiger charge is 2.32. The maximum absolute atomic E-state index is 12.7. The molecule has 0 radical (unpaired) electrons. The summed E-state index contributed by atoms with van der Waals surface area (Å²) in [5.74, 6) is 0.248. The molecular weight excluding hydrogens is 344 g/mol. The normalized spacial score (nSPS) is 12.2. The molecule has 0 atom stereocenters. The minimum absolute atomic E-state index is 0.0167. The highest BCUT2D eigenvalue weighted by molar-refractivity contribution is 7.94. The molecule has 0 bridgehead atoms. The van der Waals surface area contributed by atoms with Crippen LogP contribution in [-0.4, -0.2) is 30.9 Å². The molecule has 0 spiro atoms. The molecule has 0 aliphatic carbocycles. The molecule has 116 valence electrons. The maximum atomic E-state index is 12.7. The third kappa shape index (κ3) is 3.37. The van der Waals surface area contributed by atoms with Crippen LogP contribution < -0.4 is 5.32 Å². The summed E-state index contributed by atoms with van der Waals surface area (Å²) in [5.41, 5.74) is 0.383. The number of hydrogen-bond acceptors (Lipinski definition) is 5. The first-order valence-electron chi connectivity index (χ1n) is 6.41. The topological polar surface area (TPSA) is 72.0 Å². The Morgan fingerprint density at radius 1 is 1.23 bits per heavy atom. The van der Waals surface area contributed by atoms with E-state index in [1.165, 1.54) is 6.20 Å². The minimum Gasteiger partial charge on any atom is -0.338 e. The van der Waals surface area contributed by atoms with Gasteiger partial charge in [-0.15, -0.1) is 0 Å². The Kier molecular flexibility index (Phi) is 4.70. The average Bonchev–Trinajstić information content (AvgIpc) is 2.42. The average molecular weight is 358 g/mol. The van der Waals surface area contributed by atoms with E-state index in [0.717, 1.165) is 0 Å². The van der Waals surface area contributed by atoms with Crippen LogP contribution in [0.3, 0.4) is 0 Å². The van der Waals surface area contributed by atoms with Gasteiger partial charge in [-0.2, -0.15) is 4.98 Å². The van der Waals surface area contributed by atoms with Crippen molar-refractivity contribution in [3.63, 3.8) is 0 Å². The fourth-order valence-corrected chi connectivity index (χ4v) is 3.29. The van der Waals surface area contributed by atoms with Crippen LogP contribution in [0.1, 0.15) is 13.8 Å². The van der Waals surface area contributed by atoms with Gasteiger partial charge in [0, 0.05) is 4.65 Å². The van der Waals surface area contributed by atoms with Crippen molar-refractivity contribution >= 4 is 52.4 Å². The molecule has 1 heterocycles. The third-order valence-corrected chi connectivity index (χ3v) is 5.96. The lowest BCUT2D eigenvalue weighted by atomic mass is 9.91. The predicted octanol–water partition coefficient (Wildman–Crippen LogP) is 2.67. The Labute approximate surface area is 140 Å². The number of sulfone groups is 1. The maximum Gasteiger partial charge on any atom is 0.224 e. The Morgan fingerprint density at radius 3 is 2.50 bits per heavy atom. The largest absolute Gasteiger partial charge is 0.338 e. The Morgan fingerprint density at radius 2 is 1.86 bits per heavy atom. The van der Waals surface area contributed by atoms with E-state index in [1.54, 1.807) is 46.0 Å². The van der Waals surface area contributed by atoms with Crippen LogP contribution in [0, 0.1) is 0 Å². The zero-order chi connectivity index (χ0) is 16.5. The molecule has 2 rings (SSSR count). The van der Waals surface area contributed by atoms with Crippen molar-refractivity contribution in [2.75, 3.05) is 5.32 Å². The molecule has 9 heteroatoms. The first-order chi connectivity index (χ1) is 10.1. The highest BCUT2D eigenvalue weighted by Crippen LogP contribution is 2.32. The lowest BCUT2D eigenvalue weighted by Gasteiger charge is -2.21. The summed E-state index contributed by atoms with van der Waals surface area (Å²) in [6.45, 7) is 3.29. The van der Waals surface area contributed by atoms with Gasteiger partial charge in [0.25, 0.3) is 0 Å². The van der Waals surface area contributed by atoms with Crippen molar-refractivity contribution in [3.05, 3.63) is 40.8 Å². The molecular formula is C13H14BCl2N3O2S. The van der Waals surface area contributed by atoms with Gasteiger partial charge < -0.3 is 5.32 Å². The van der Waals surface area contributed by atoms with E-state index >= 15 is 0 Å². The van der Waals surface area contributed by atoms with Crippen molar-refractivity contribution in [2.24, 2.45) is 0 Å². The van der Waals surface area contributed by atoms with Gasteiger partial charge in [0.1, 0.15) is 12.9 Å². The summed E-state index contributed by atoms with van der Waals surface area (Å²) in [5, 5.41) is 3.17. The van der Waals surface area contributed by atoms with Crippen LogP contribution in [-0.2, 0) is 9.84 Å². The van der Waals surface area contributed by atoms with E-state index in [4.69, 9.17) is 23.2 Å². The van der Waals surface area contributed by atoms with Crippen LogP contribution in [0.4, 0.5) is 11.5 Å². The molecule has 0 saturated heterocycles. The van der Waals surface area contributed by atoms with Gasteiger partial charge in [-0.3, -0.25) is 0 Å². The molecule has 2 aromatic rings. The van der Waals surface area contributed by atoms with E-state index in [1.807, 2.05) is 0 Å². The molecule has 1 aromatic heterocycles. The SMILES string of the molecule is BC(C)(C)S(=O)(=O)c1ccccc1Nc1nc(Cl)ncc1Cl. The summed E-state index contributed by atoms with van der Waals surface area (Å²) < 4.78 is 24.4. The second-order valence-corrected chi connectivity index (χ2v) is 8.99. The molecule has 0 amide bonds. The molecule has 1 N–H and O–H groups in total. The lowest BCUT2D eigenvalue weighted by Crippen LogP contribution is -2.32. The van der Waals surface area contributed by atoms with Gasteiger partial charge in [-0.25, -0.2) is 13.4 Å². The summed E-state index contributed by atoms with van der Waals surface area (Å²) in [6, 6.07) is 6.57. The summed E-state index contributed by atoms with van der Waals surface area (Å²) in [7, 11) is -1.89. The van der Waals surface area contributed by atoms with Crippen LogP contribution >= 0.6 is 23.2 Å². The molecule has 0 unspecified atom stereocenters. The summed E-state index contributed by atoms with van der Waals surface area (Å²) in [6.07, 6.45) is 1.35. The van der Waals surface area contributed by atoms with E-state index in [-0.39, 0.29) is 21.0 Å². The monoisotopic (exact) mass is 357 g/mol. The summed E-state index contributed by atoms with van der Waals surface area (Å²) in [4.78, 5) is 7.90. The van der Waals surface area contributed by atoms with Crippen LogP contribution in [0.2, 0.25) is 10.3 Å². The lowest BCUT2D eigenvalue weighted by molar-refractivity contribution is 0.581. The zero-order valence-corrected chi connectivity index (χ0v) is 14.6. The fraction of sp³-hybridized carbons (Fsp3) is 0.231. The van der Waals surface area contributed by atoms with Gasteiger partial charge in [0.05, 0.1) is 16.8 Å².